The second kappa shape index (κ2) is 10.0. The van der Waals surface area contributed by atoms with Gasteiger partial charge in [0.1, 0.15) is 0 Å². The largest absolute Gasteiger partial charge is 0.418 e. The van der Waals surface area contributed by atoms with Crippen molar-refractivity contribution in [3.05, 3.63) is 59.7 Å². The fraction of sp³-hybridized carbons (Fsp3) is 0.391. The molecule has 0 bridgehead atoms. The van der Waals surface area contributed by atoms with Crippen LogP contribution in [0.15, 0.2) is 48.5 Å². The van der Waals surface area contributed by atoms with Crippen LogP contribution in [0.25, 0.3) is 0 Å². The second-order valence-electron chi connectivity index (χ2n) is 7.93. The SMILES string of the molecule is CC(=O)NC(CC(=O)Nc1ccc(N2CCN(C)CC2)cc1C(F)(F)F)c1ccccc1. The number of carbonyl (C=O) groups excluding carboxylic acids is 2. The van der Waals surface area contributed by atoms with Crippen molar-refractivity contribution >= 4 is 23.2 Å². The highest BCUT2D eigenvalue weighted by Crippen LogP contribution is 2.37. The van der Waals surface area contributed by atoms with Gasteiger partial charge in [-0.1, -0.05) is 30.3 Å². The van der Waals surface area contributed by atoms with Crippen LogP contribution < -0.4 is 15.5 Å². The van der Waals surface area contributed by atoms with Crippen LogP contribution in [0.3, 0.4) is 0 Å². The number of benzene rings is 2. The van der Waals surface area contributed by atoms with Gasteiger partial charge < -0.3 is 20.4 Å². The van der Waals surface area contributed by atoms with Gasteiger partial charge in [-0.25, -0.2) is 0 Å². The first-order chi connectivity index (χ1) is 15.1. The second-order valence-corrected chi connectivity index (χ2v) is 7.93. The third kappa shape index (κ3) is 6.23. The first-order valence-corrected chi connectivity index (χ1v) is 10.4. The summed E-state index contributed by atoms with van der Waals surface area (Å²) in [6.45, 7) is 4.13. The Labute approximate surface area is 185 Å². The molecule has 0 radical (unpaired) electrons. The minimum absolute atomic E-state index is 0.193. The molecule has 2 N–H and O–H groups in total. The normalized spacial score (nSPS) is 15.8. The Morgan fingerprint density at radius 3 is 2.28 bits per heavy atom. The fourth-order valence-electron chi connectivity index (χ4n) is 3.71. The van der Waals surface area contributed by atoms with Gasteiger partial charge in [0.25, 0.3) is 0 Å². The number of carbonyl (C=O) groups is 2. The summed E-state index contributed by atoms with van der Waals surface area (Å²) in [7, 11) is 1.97. The molecular formula is C23H27F3N4O2. The van der Waals surface area contributed by atoms with Crippen molar-refractivity contribution in [1.29, 1.82) is 0 Å². The summed E-state index contributed by atoms with van der Waals surface area (Å²) in [6.07, 6.45) is -4.82. The molecule has 1 aliphatic heterocycles. The third-order valence-electron chi connectivity index (χ3n) is 5.42. The van der Waals surface area contributed by atoms with E-state index in [9.17, 15) is 22.8 Å². The van der Waals surface area contributed by atoms with Crippen LogP contribution in [0, 0.1) is 0 Å². The molecule has 32 heavy (non-hydrogen) atoms. The van der Waals surface area contributed by atoms with Crippen molar-refractivity contribution in [3.8, 4) is 0 Å². The lowest BCUT2D eigenvalue weighted by molar-refractivity contribution is -0.137. The average molecular weight is 448 g/mol. The molecule has 172 valence electrons. The number of likely N-dealkylation sites (N-methyl/N-ethyl adjacent to an activating group) is 1. The van der Waals surface area contributed by atoms with Crippen molar-refractivity contribution in [3.63, 3.8) is 0 Å². The number of halogens is 3. The average Bonchev–Trinajstić information content (AvgIpc) is 2.74. The molecule has 0 aromatic heterocycles. The van der Waals surface area contributed by atoms with Crippen molar-refractivity contribution in [2.45, 2.75) is 25.6 Å². The molecule has 6 nitrogen and oxygen atoms in total. The highest BCUT2D eigenvalue weighted by Gasteiger charge is 2.35. The minimum atomic E-state index is -4.62. The molecule has 0 aliphatic carbocycles. The number of hydrogen-bond acceptors (Lipinski definition) is 4. The molecular weight excluding hydrogens is 421 g/mol. The standard InChI is InChI=1S/C23H27F3N4O2/c1-16(31)27-21(17-6-4-3-5-7-17)15-22(32)28-20-9-8-18(14-19(20)23(24,25)26)30-12-10-29(2)11-13-30/h3-9,14,21H,10-13,15H2,1-2H3,(H,27,31)(H,28,32). The summed E-state index contributed by atoms with van der Waals surface area (Å²) in [5, 5.41) is 5.07. The molecule has 1 aliphatic rings. The van der Waals surface area contributed by atoms with Crippen LogP contribution in [0.4, 0.5) is 24.5 Å². The van der Waals surface area contributed by atoms with E-state index in [2.05, 4.69) is 15.5 Å². The fourth-order valence-corrected chi connectivity index (χ4v) is 3.71. The number of alkyl halides is 3. The number of amides is 2. The lowest BCUT2D eigenvalue weighted by atomic mass is 10.0. The molecule has 0 saturated carbocycles. The number of rotatable bonds is 6. The van der Waals surface area contributed by atoms with Crippen molar-refractivity contribution in [2.24, 2.45) is 0 Å². The molecule has 1 heterocycles. The van der Waals surface area contributed by atoms with E-state index in [4.69, 9.17) is 0 Å². The molecule has 0 spiro atoms. The molecule has 2 aromatic carbocycles. The first kappa shape index (κ1) is 23.6. The van der Waals surface area contributed by atoms with Crippen molar-refractivity contribution in [1.82, 2.24) is 10.2 Å². The van der Waals surface area contributed by atoms with Gasteiger partial charge in [-0.2, -0.15) is 13.2 Å². The van der Waals surface area contributed by atoms with Gasteiger partial charge in [0.15, 0.2) is 0 Å². The Morgan fingerprint density at radius 1 is 1.03 bits per heavy atom. The zero-order valence-corrected chi connectivity index (χ0v) is 18.1. The Kier molecular flexibility index (Phi) is 7.40. The van der Waals surface area contributed by atoms with Crippen LogP contribution in [0.2, 0.25) is 0 Å². The van der Waals surface area contributed by atoms with Gasteiger partial charge in [0.2, 0.25) is 11.8 Å². The first-order valence-electron chi connectivity index (χ1n) is 10.4. The maximum Gasteiger partial charge on any atom is 0.418 e. The highest BCUT2D eigenvalue weighted by atomic mass is 19.4. The predicted octanol–water partition coefficient (Wildman–Crippen LogP) is 3.66. The Hall–Kier alpha value is -3.07. The Bertz CT molecular complexity index is 942. The number of piperazine rings is 1. The van der Waals surface area contributed by atoms with Crippen molar-refractivity contribution in [2.75, 3.05) is 43.4 Å². The van der Waals surface area contributed by atoms with Gasteiger partial charge in [-0.3, -0.25) is 9.59 Å². The molecule has 1 unspecified atom stereocenters. The van der Waals surface area contributed by atoms with Crippen molar-refractivity contribution < 1.29 is 22.8 Å². The topological polar surface area (TPSA) is 64.7 Å². The van der Waals surface area contributed by atoms with Crippen LogP contribution in [0.5, 0.6) is 0 Å². The van der Waals surface area contributed by atoms with Gasteiger partial charge >= 0.3 is 6.18 Å². The zero-order chi connectivity index (χ0) is 23.3. The van der Waals surface area contributed by atoms with E-state index < -0.39 is 23.7 Å². The van der Waals surface area contributed by atoms with Crippen LogP contribution in [-0.4, -0.2) is 49.9 Å². The van der Waals surface area contributed by atoms with Gasteiger partial charge in [-0.05, 0) is 30.8 Å². The van der Waals surface area contributed by atoms with E-state index >= 15 is 0 Å². The summed E-state index contributed by atoms with van der Waals surface area (Å²) in [5.41, 5.74) is -0.0174. The van der Waals surface area contributed by atoms with Crippen LogP contribution in [-0.2, 0) is 15.8 Å². The van der Waals surface area contributed by atoms with E-state index in [1.165, 1.54) is 13.0 Å². The lowest BCUT2D eigenvalue weighted by Gasteiger charge is -2.34. The zero-order valence-electron chi connectivity index (χ0n) is 18.1. The Balaban J connectivity index is 1.79. The van der Waals surface area contributed by atoms with E-state index in [1.807, 2.05) is 11.9 Å². The highest BCUT2D eigenvalue weighted by molar-refractivity contribution is 5.92. The van der Waals surface area contributed by atoms with E-state index in [0.29, 0.717) is 24.3 Å². The summed E-state index contributed by atoms with van der Waals surface area (Å²) in [6, 6.07) is 12.2. The maximum absolute atomic E-state index is 13.8. The maximum atomic E-state index is 13.8. The molecule has 1 atom stereocenters. The molecule has 9 heteroatoms. The van der Waals surface area contributed by atoms with Gasteiger partial charge in [0.05, 0.1) is 23.7 Å². The smallest absolute Gasteiger partial charge is 0.369 e. The van der Waals surface area contributed by atoms with E-state index in [-0.39, 0.29) is 18.0 Å². The number of nitrogens with zero attached hydrogens (tertiary/aromatic N) is 2. The van der Waals surface area contributed by atoms with E-state index in [0.717, 1.165) is 19.2 Å². The van der Waals surface area contributed by atoms with Gasteiger partial charge in [0, 0.05) is 38.8 Å². The minimum Gasteiger partial charge on any atom is -0.369 e. The number of anilines is 2. The molecule has 1 saturated heterocycles. The molecule has 3 rings (SSSR count). The summed E-state index contributed by atoms with van der Waals surface area (Å²) in [5.74, 6) is -0.954. The summed E-state index contributed by atoms with van der Waals surface area (Å²) in [4.78, 5) is 28.2. The van der Waals surface area contributed by atoms with Crippen LogP contribution >= 0.6 is 0 Å². The van der Waals surface area contributed by atoms with E-state index in [1.54, 1.807) is 36.4 Å². The molecule has 2 aromatic rings. The molecule has 1 fully saturated rings. The molecule has 2 amide bonds. The predicted molar refractivity (Wildman–Crippen MR) is 117 cm³/mol. The summed E-state index contributed by atoms with van der Waals surface area (Å²) >= 11 is 0. The number of nitrogens with one attached hydrogen (secondary N) is 2. The summed E-state index contributed by atoms with van der Waals surface area (Å²) < 4.78 is 41.3. The quantitative estimate of drug-likeness (QED) is 0.708. The van der Waals surface area contributed by atoms with Crippen LogP contribution in [0.1, 0.15) is 30.5 Å². The lowest BCUT2D eigenvalue weighted by Crippen LogP contribution is -2.44. The monoisotopic (exact) mass is 448 g/mol. The number of hydrogen-bond donors (Lipinski definition) is 2. The van der Waals surface area contributed by atoms with Gasteiger partial charge in [-0.15, -0.1) is 0 Å². The Morgan fingerprint density at radius 2 is 1.69 bits per heavy atom. The third-order valence-corrected chi connectivity index (χ3v) is 5.42.